The van der Waals surface area contributed by atoms with Gasteiger partial charge in [-0.1, -0.05) is 0 Å². The number of phenolic OH excluding ortho intramolecular Hbond substituents is 1. The first kappa shape index (κ1) is 29.9. The molecule has 0 heterocycles. The Balaban J connectivity index is 2.13. The lowest BCUT2D eigenvalue weighted by Crippen LogP contribution is -2.46. The number of alkyl halides is 1. The number of carbonyl (C=O) groups excluding carboxylic acids is 4. The summed E-state index contributed by atoms with van der Waals surface area (Å²) in [6.45, 7) is -0.407. The van der Waals surface area contributed by atoms with Gasteiger partial charge in [0, 0.05) is 25.4 Å². The minimum absolute atomic E-state index is 0.0651. The smallest absolute Gasteiger partial charge is 0.259 e. The Labute approximate surface area is 230 Å². The van der Waals surface area contributed by atoms with Crippen LogP contribution in [0.3, 0.4) is 0 Å². The fraction of sp³-hybridized carbons (Fsp3) is 0.462. The molecule has 1 aromatic carbocycles. The van der Waals surface area contributed by atoms with Gasteiger partial charge < -0.3 is 36.0 Å². The second-order valence-corrected chi connectivity index (χ2v) is 10.2. The van der Waals surface area contributed by atoms with Crippen LogP contribution in [0.1, 0.15) is 24.0 Å². The van der Waals surface area contributed by atoms with Crippen LogP contribution in [0.2, 0.25) is 0 Å². The number of benzene rings is 1. The number of carbonyl (C=O) groups is 4. The molecule has 0 saturated heterocycles. The number of likely N-dealkylation sites (N-methyl/N-ethyl adjacent to an activating group) is 1. The minimum atomic E-state index is -1.38. The number of nitrogens with one attached hydrogen (secondary N) is 2. The summed E-state index contributed by atoms with van der Waals surface area (Å²) in [5, 5.41) is 48.7. The normalized spacial score (nSPS) is 23.7. The highest BCUT2D eigenvalue weighted by molar-refractivity contribution is 6.27. The third kappa shape index (κ3) is 6.02. The van der Waals surface area contributed by atoms with Crippen molar-refractivity contribution in [3.8, 4) is 5.75 Å². The number of nitrogens with zero attached hydrogens (tertiary/aromatic N) is 2. The molecule has 0 bridgehead atoms. The zero-order chi connectivity index (χ0) is 29.2. The molecule has 2 aliphatic carbocycles. The van der Waals surface area contributed by atoms with E-state index in [0.29, 0.717) is 11.3 Å². The van der Waals surface area contributed by atoms with E-state index in [1.54, 1.807) is 25.1 Å². The molecule has 39 heavy (non-hydrogen) atoms. The van der Waals surface area contributed by atoms with Crippen molar-refractivity contribution in [3.05, 3.63) is 40.2 Å². The lowest BCUT2D eigenvalue weighted by atomic mass is 9.74. The average molecular weight is 565 g/mol. The van der Waals surface area contributed by atoms with Crippen LogP contribution in [-0.2, 0) is 25.6 Å². The zero-order valence-electron chi connectivity index (χ0n) is 22.1. The molecule has 0 fully saturated rings. The SMILES string of the molecule is CN(C)c1ccc(O)c2c1C[C@H]1C[C@H](O)[C@H](N(C)C)/C(O)=C(/C(=O)NCNC(=O)CCl)C(=O)CC(=O)C1=C2O. The van der Waals surface area contributed by atoms with Gasteiger partial charge in [0.2, 0.25) is 5.91 Å². The molecule has 0 aliphatic heterocycles. The van der Waals surface area contributed by atoms with Crippen LogP contribution >= 0.6 is 11.6 Å². The Morgan fingerprint density at radius 2 is 1.72 bits per heavy atom. The first-order valence-electron chi connectivity index (χ1n) is 12.2. The summed E-state index contributed by atoms with van der Waals surface area (Å²) >= 11 is 5.41. The largest absolute Gasteiger partial charge is 0.510 e. The molecule has 2 amide bonds. The molecule has 12 nitrogen and oxygen atoms in total. The van der Waals surface area contributed by atoms with E-state index in [9.17, 15) is 39.6 Å². The molecule has 3 atom stereocenters. The number of hydrogen-bond acceptors (Lipinski definition) is 10. The Morgan fingerprint density at radius 1 is 1.05 bits per heavy atom. The van der Waals surface area contributed by atoms with Crippen LogP contribution in [0.15, 0.2) is 29.0 Å². The predicted molar refractivity (Wildman–Crippen MR) is 143 cm³/mol. The number of rotatable bonds is 6. The van der Waals surface area contributed by atoms with Gasteiger partial charge in [-0.3, -0.25) is 24.1 Å². The summed E-state index contributed by atoms with van der Waals surface area (Å²) < 4.78 is 0. The number of halogens is 1. The third-order valence-electron chi connectivity index (χ3n) is 6.87. The number of anilines is 1. The second kappa shape index (κ2) is 12.1. The lowest BCUT2D eigenvalue weighted by molar-refractivity contribution is -0.126. The number of hydrogen-bond donors (Lipinski definition) is 6. The molecule has 0 saturated carbocycles. The molecule has 2 aliphatic rings. The van der Waals surface area contributed by atoms with E-state index in [1.807, 2.05) is 0 Å². The summed E-state index contributed by atoms with van der Waals surface area (Å²) in [5.41, 5.74) is 0.420. The Kier molecular flexibility index (Phi) is 9.26. The molecule has 0 radical (unpaired) electrons. The predicted octanol–water partition coefficient (Wildman–Crippen LogP) is 0.364. The number of aromatic hydroxyl groups is 1. The van der Waals surface area contributed by atoms with Crippen molar-refractivity contribution in [3.63, 3.8) is 0 Å². The van der Waals surface area contributed by atoms with Crippen molar-refractivity contribution in [2.45, 2.75) is 31.4 Å². The second-order valence-electron chi connectivity index (χ2n) is 9.93. The van der Waals surface area contributed by atoms with Gasteiger partial charge in [-0.2, -0.15) is 0 Å². The molecular weight excluding hydrogens is 532 g/mol. The van der Waals surface area contributed by atoms with Crippen molar-refractivity contribution < 1.29 is 39.6 Å². The van der Waals surface area contributed by atoms with Gasteiger partial charge >= 0.3 is 0 Å². The molecule has 13 heteroatoms. The molecule has 212 valence electrons. The number of allylic oxidation sites excluding steroid dienone is 1. The highest BCUT2D eigenvalue weighted by Gasteiger charge is 2.42. The van der Waals surface area contributed by atoms with Crippen LogP contribution in [0.5, 0.6) is 5.75 Å². The van der Waals surface area contributed by atoms with Crippen LogP contribution in [0, 0.1) is 5.92 Å². The summed E-state index contributed by atoms with van der Waals surface area (Å²) in [6.07, 6.45) is -2.20. The Bertz CT molecular complexity index is 1260. The van der Waals surface area contributed by atoms with Gasteiger partial charge in [0.1, 0.15) is 28.7 Å². The van der Waals surface area contributed by atoms with Gasteiger partial charge in [0.15, 0.2) is 11.6 Å². The molecule has 1 aromatic rings. The fourth-order valence-corrected chi connectivity index (χ4v) is 5.26. The molecule has 0 unspecified atom stereocenters. The number of Topliss-reactive ketones (excluding diaryl/α,β-unsaturated/α-hetero) is 2. The van der Waals surface area contributed by atoms with E-state index >= 15 is 0 Å². The third-order valence-corrected chi connectivity index (χ3v) is 7.11. The van der Waals surface area contributed by atoms with E-state index in [0.717, 1.165) is 0 Å². The quantitative estimate of drug-likeness (QED) is 0.122. The maximum absolute atomic E-state index is 13.4. The number of aliphatic hydroxyl groups excluding tert-OH is 3. The van der Waals surface area contributed by atoms with E-state index in [1.165, 1.54) is 25.1 Å². The van der Waals surface area contributed by atoms with Crippen LogP contribution in [-0.4, -0.2) is 102 Å². The van der Waals surface area contributed by atoms with E-state index in [-0.39, 0.29) is 35.6 Å². The first-order chi connectivity index (χ1) is 18.3. The number of phenols is 1. The van der Waals surface area contributed by atoms with Crippen molar-refractivity contribution in [1.82, 2.24) is 15.5 Å². The van der Waals surface area contributed by atoms with E-state index in [2.05, 4.69) is 10.6 Å². The monoisotopic (exact) mass is 564 g/mol. The van der Waals surface area contributed by atoms with Crippen molar-refractivity contribution in [1.29, 1.82) is 0 Å². The van der Waals surface area contributed by atoms with Crippen LogP contribution in [0.4, 0.5) is 5.69 Å². The number of aliphatic hydroxyl groups is 3. The molecule has 0 spiro atoms. The number of fused-ring (bicyclic) bond motifs is 2. The van der Waals surface area contributed by atoms with Gasteiger partial charge in [-0.05, 0) is 50.6 Å². The van der Waals surface area contributed by atoms with Gasteiger partial charge in [-0.15, -0.1) is 11.6 Å². The van der Waals surface area contributed by atoms with Crippen molar-refractivity contribution in [2.24, 2.45) is 5.92 Å². The lowest BCUT2D eigenvalue weighted by Gasteiger charge is -2.36. The molecule has 6 N–H and O–H groups in total. The summed E-state index contributed by atoms with van der Waals surface area (Å²) in [6, 6.07) is 1.85. The Hall–Kier alpha value is -3.61. The summed E-state index contributed by atoms with van der Waals surface area (Å²) in [4.78, 5) is 54.3. The van der Waals surface area contributed by atoms with Crippen molar-refractivity contribution in [2.75, 3.05) is 45.6 Å². The maximum Gasteiger partial charge on any atom is 0.259 e. The average Bonchev–Trinajstić information content (AvgIpc) is 2.82. The fourth-order valence-electron chi connectivity index (χ4n) is 5.16. The van der Waals surface area contributed by atoms with Crippen molar-refractivity contribution >= 4 is 46.4 Å². The maximum atomic E-state index is 13.4. The van der Waals surface area contributed by atoms with E-state index < -0.39 is 71.6 Å². The zero-order valence-corrected chi connectivity index (χ0v) is 22.9. The number of ketones is 2. The molecule has 0 aromatic heterocycles. The minimum Gasteiger partial charge on any atom is -0.510 e. The Morgan fingerprint density at radius 3 is 2.31 bits per heavy atom. The highest BCUT2D eigenvalue weighted by atomic mass is 35.5. The van der Waals surface area contributed by atoms with Gasteiger partial charge in [-0.25, -0.2) is 0 Å². The first-order valence-corrected chi connectivity index (χ1v) is 12.7. The summed E-state index contributed by atoms with van der Waals surface area (Å²) in [7, 11) is 6.64. The topological polar surface area (TPSA) is 180 Å². The number of amides is 2. The summed E-state index contributed by atoms with van der Waals surface area (Å²) in [5.74, 6) is -6.12. The van der Waals surface area contributed by atoms with Gasteiger partial charge in [0.05, 0.1) is 30.8 Å². The van der Waals surface area contributed by atoms with Crippen LogP contribution in [0.25, 0.3) is 5.76 Å². The van der Waals surface area contributed by atoms with Crippen LogP contribution < -0.4 is 15.5 Å². The molecule has 3 rings (SSSR count). The van der Waals surface area contributed by atoms with Gasteiger partial charge in [0.25, 0.3) is 5.91 Å². The molecular formula is C26H33ClN4O8. The van der Waals surface area contributed by atoms with E-state index in [4.69, 9.17) is 11.6 Å². The highest BCUT2D eigenvalue weighted by Crippen LogP contribution is 2.45. The standard InChI is InChI=1S/C26H33ClN4O8/c1-30(2)14-5-6-15(32)21-13(14)7-12-8-18(35)23(31(3)4)25(38)22(26(39)29-11-28-19(36)10-27)17(34)9-16(33)20(12)24(21)37/h5-6,12,18,23,32,35,37-38H,7-11H2,1-4H3,(H,28,36)(H,29,39)/b25-22-/t12-,18-,23-/m0/s1.